The topological polar surface area (TPSA) is 26.7 Å². The van der Waals surface area contributed by atoms with Crippen molar-refractivity contribution in [3.63, 3.8) is 0 Å². The highest BCUT2D eigenvalue weighted by atomic mass is 32.2. The number of thioether (sulfide) groups is 1. The van der Waals surface area contributed by atoms with Crippen LogP contribution in [0.15, 0.2) is 225 Å². The summed E-state index contributed by atoms with van der Waals surface area (Å²) in [5.41, 5.74) is 15.8. The van der Waals surface area contributed by atoms with Gasteiger partial charge in [0.05, 0.1) is 17.8 Å². The molecule has 59 heavy (non-hydrogen) atoms. The Morgan fingerprint density at radius 1 is 0.797 bits per heavy atom. The van der Waals surface area contributed by atoms with E-state index in [1.807, 2.05) is 49.1 Å². The standard InChI is InChI=1S/C55H54N2OS/c1-3-4-7-15-37(2)46-35-44(29-32-52(46)58)57-49-31-28-41(40-26-24-39(25-27-40)38-16-8-5-9-17-38)34-48(49)55-50(21-14-22-51(55)57)56(42-18-10-6-11-19-42)43-30-33-54-47(36-43)45-20-12-13-23-53(45)59-54/h3-4,7-8,10,12-21,23-24,26-30,32,34,36,39,46,49,51,54,58H,2,5-6,9,11,22,25,31,33,35H2,1H3/b4-3-,15-7-. The highest BCUT2D eigenvalue weighted by Crippen LogP contribution is 2.53. The fraction of sp³-hybridized carbons (Fsp3) is 0.273. The molecule has 1 aromatic rings. The molecular weight excluding hydrogens is 737 g/mol. The van der Waals surface area contributed by atoms with Crippen molar-refractivity contribution >= 4 is 17.3 Å². The van der Waals surface area contributed by atoms with Crippen LogP contribution in [0.2, 0.25) is 0 Å². The van der Waals surface area contributed by atoms with E-state index in [4.69, 9.17) is 0 Å². The van der Waals surface area contributed by atoms with E-state index in [1.165, 1.54) is 66.7 Å². The van der Waals surface area contributed by atoms with E-state index in [0.717, 1.165) is 63.4 Å². The second kappa shape index (κ2) is 16.3. The van der Waals surface area contributed by atoms with Crippen molar-refractivity contribution in [3.05, 3.63) is 226 Å². The maximum absolute atomic E-state index is 11.2. The number of rotatable bonds is 9. The van der Waals surface area contributed by atoms with E-state index in [0.29, 0.717) is 16.9 Å². The third kappa shape index (κ3) is 7.10. The minimum Gasteiger partial charge on any atom is -0.512 e. The molecule has 0 aromatic heterocycles. The predicted octanol–water partition coefficient (Wildman–Crippen LogP) is 13.7. The Morgan fingerprint density at radius 3 is 2.47 bits per heavy atom. The molecule has 296 valence electrons. The Bertz CT molecular complexity index is 2470. The van der Waals surface area contributed by atoms with Gasteiger partial charge < -0.3 is 14.9 Å². The Balaban J connectivity index is 1.08. The van der Waals surface area contributed by atoms with E-state index in [1.54, 1.807) is 0 Å². The van der Waals surface area contributed by atoms with Crippen molar-refractivity contribution in [1.29, 1.82) is 0 Å². The van der Waals surface area contributed by atoms with Crippen LogP contribution >= 0.6 is 11.8 Å². The molecule has 9 aliphatic rings. The SMILES string of the molecule is C=C(/C=C\C=C/C)C1CC(N2C3CC=C(C4=CCC(C5=CCCC=C5)C=C4)C=C3C3=C(N(C4=CCCC=C4)C4=CCC5Sc6ccccc6C5=C4)C=CCC32)=CC=C1O. The number of hydrogen-bond donors (Lipinski definition) is 1. The molecule has 4 heteroatoms. The maximum atomic E-state index is 11.2. The van der Waals surface area contributed by atoms with Crippen LogP contribution in [0.5, 0.6) is 0 Å². The number of aliphatic hydroxyl groups excluding tert-OH is 1. The van der Waals surface area contributed by atoms with Gasteiger partial charge in [0.2, 0.25) is 0 Å². The number of benzene rings is 1. The van der Waals surface area contributed by atoms with Gasteiger partial charge in [0.1, 0.15) is 5.76 Å². The lowest BCUT2D eigenvalue weighted by Gasteiger charge is -2.39. The van der Waals surface area contributed by atoms with Gasteiger partial charge in [-0.05, 0) is 140 Å². The summed E-state index contributed by atoms with van der Waals surface area (Å²) in [6, 6.07) is 9.31. The smallest absolute Gasteiger partial charge is 0.100 e. The maximum Gasteiger partial charge on any atom is 0.100 e. The van der Waals surface area contributed by atoms with Crippen molar-refractivity contribution in [3.8, 4) is 0 Å². The van der Waals surface area contributed by atoms with Crippen LogP contribution in [0, 0.1) is 11.8 Å². The van der Waals surface area contributed by atoms with E-state index in [9.17, 15) is 5.11 Å². The quantitative estimate of drug-likeness (QED) is 0.252. The van der Waals surface area contributed by atoms with Gasteiger partial charge in [-0.1, -0.05) is 116 Å². The zero-order chi connectivity index (χ0) is 39.9. The zero-order valence-electron chi connectivity index (χ0n) is 34.1. The lowest BCUT2D eigenvalue weighted by Crippen LogP contribution is -2.38. The fourth-order valence-corrected chi connectivity index (χ4v) is 11.7. The third-order valence-electron chi connectivity index (χ3n) is 13.3. The zero-order valence-corrected chi connectivity index (χ0v) is 35.0. The van der Waals surface area contributed by atoms with Gasteiger partial charge in [0, 0.05) is 51.1 Å². The molecule has 0 bridgehead atoms. The summed E-state index contributed by atoms with van der Waals surface area (Å²) in [6.07, 6.45) is 57.6. The predicted molar refractivity (Wildman–Crippen MR) is 248 cm³/mol. The molecule has 0 amide bonds. The van der Waals surface area contributed by atoms with Crippen molar-refractivity contribution < 1.29 is 5.11 Å². The highest BCUT2D eigenvalue weighted by Gasteiger charge is 2.46. The summed E-state index contributed by atoms with van der Waals surface area (Å²) in [7, 11) is 0. The first-order chi connectivity index (χ1) is 29.1. The number of aliphatic hydroxyl groups is 1. The molecule has 3 nitrogen and oxygen atoms in total. The average molecular weight is 791 g/mol. The molecule has 0 saturated carbocycles. The van der Waals surface area contributed by atoms with E-state index in [2.05, 4.69) is 138 Å². The third-order valence-corrected chi connectivity index (χ3v) is 14.7. The van der Waals surface area contributed by atoms with Crippen molar-refractivity contribution in [2.45, 2.75) is 86.9 Å². The fourth-order valence-electron chi connectivity index (χ4n) is 10.4. The molecular formula is C55H54N2OS. The van der Waals surface area contributed by atoms with Crippen LogP contribution in [-0.4, -0.2) is 32.2 Å². The molecule has 1 N–H and O–H groups in total. The summed E-state index contributed by atoms with van der Waals surface area (Å²) in [5.74, 6) is 0.691. The first-order valence-corrected chi connectivity index (χ1v) is 22.7. The highest BCUT2D eigenvalue weighted by molar-refractivity contribution is 8.00. The van der Waals surface area contributed by atoms with Gasteiger partial charge in [0.25, 0.3) is 0 Å². The summed E-state index contributed by atoms with van der Waals surface area (Å²) in [4.78, 5) is 6.71. The molecule has 0 spiro atoms. The summed E-state index contributed by atoms with van der Waals surface area (Å²) < 4.78 is 0. The molecule has 0 radical (unpaired) electrons. The molecule has 2 heterocycles. The molecule has 2 aliphatic heterocycles. The molecule has 5 atom stereocenters. The lowest BCUT2D eigenvalue weighted by molar-refractivity contribution is 0.244. The monoisotopic (exact) mass is 790 g/mol. The molecule has 5 unspecified atom stereocenters. The van der Waals surface area contributed by atoms with Crippen LogP contribution in [0.4, 0.5) is 0 Å². The van der Waals surface area contributed by atoms with Gasteiger partial charge in [-0.2, -0.15) is 0 Å². The van der Waals surface area contributed by atoms with Gasteiger partial charge in [-0.25, -0.2) is 0 Å². The minimum absolute atomic E-state index is 0.155. The minimum atomic E-state index is -0.155. The Hall–Kier alpha value is -5.45. The molecule has 1 fully saturated rings. The van der Waals surface area contributed by atoms with Gasteiger partial charge in [0.15, 0.2) is 0 Å². The van der Waals surface area contributed by atoms with Gasteiger partial charge >= 0.3 is 0 Å². The van der Waals surface area contributed by atoms with Gasteiger partial charge in [-0.3, -0.25) is 0 Å². The van der Waals surface area contributed by atoms with E-state index in [-0.39, 0.29) is 18.0 Å². The summed E-state index contributed by atoms with van der Waals surface area (Å²) in [6.45, 7) is 6.45. The second-order valence-electron chi connectivity index (χ2n) is 16.9. The largest absolute Gasteiger partial charge is 0.512 e. The average Bonchev–Trinajstić information content (AvgIpc) is 3.83. The number of allylic oxidation sites excluding steroid dienone is 24. The molecule has 1 aromatic carbocycles. The van der Waals surface area contributed by atoms with Crippen LogP contribution < -0.4 is 0 Å². The van der Waals surface area contributed by atoms with Crippen molar-refractivity contribution in [2.75, 3.05) is 0 Å². The van der Waals surface area contributed by atoms with Gasteiger partial charge in [-0.15, -0.1) is 11.8 Å². The van der Waals surface area contributed by atoms with Crippen LogP contribution in [0.25, 0.3) is 5.57 Å². The second-order valence-corrected chi connectivity index (χ2v) is 18.1. The first kappa shape index (κ1) is 37.8. The van der Waals surface area contributed by atoms with Crippen LogP contribution in [-0.2, 0) is 0 Å². The normalized spacial score (nSPS) is 28.1. The Morgan fingerprint density at radius 2 is 1.66 bits per heavy atom. The Kier molecular flexibility index (Phi) is 10.4. The number of hydrogen-bond acceptors (Lipinski definition) is 4. The number of fused-ring (bicyclic) bond motifs is 6. The van der Waals surface area contributed by atoms with Crippen molar-refractivity contribution in [1.82, 2.24) is 9.80 Å². The molecule has 10 rings (SSSR count). The summed E-state index contributed by atoms with van der Waals surface area (Å²) in [5, 5.41) is 11.7. The molecule has 7 aliphatic carbocycles. The van der Waals surface area contributed by atoms with Crippen LogP contribution in [0.3, 0.4) is 0 Å². The van der Waals surface area contributed by atoms with E-state index >= 15 is 0 Å². The number of nitrogens with zero attached hydrogens (tertiary/aromatic N) is 2. The number of likely N-dealkylation sites (tertiary alicyclic amines) is 1. The first-order valence-electron chi connectivity index (χ1n) is 21.8. The van der Waals surface area contributed by atoms with Crippen molar-refractivity contribution in [2.24, 2.45) is 11.8 Å². The summed E-state index contributed by atoms with van der Waals surface area (Å²) >= 11 is 2.01. The van der Waals surface area contributed by atoms with E-state index < -0.39 is 0 Å². The lowest BCUT2D eigenvalue weighted by atomic mass is 9.82. The Labute approximate surface area is 355 Å². The molecule has 1 saturated heterocycles. The van der Waals surface area contributed by atoms with Crippen LogP contribution in [0.1, 0.15) is 70.3 Å².